The highest BCUT2D eigenvalue weighted by atomic mass is 35.5. The van der Waals surface area contributed by atoms with Crippen LogP contribution in [0.5, 0.6) is 5.75 Å². The quantitative estimate of drug-likeness (QED) is 0.440. The molecule has 1 aromatic carbocycles. The van der Waals surface area contributed by atoms with Gasteiger partial charge in [-0.15, -0.1) is 0 Å². The SMILES string of the molecule is CCNC(=NCCSC)NCCOc1ccc(Cl)cc1. The van der Waals surface area contributed by atoms with E-state index in [1.807, 2.05) is 24.3 Å². The number of hydrogen-bond acceptors (Lipinski definition) is 3. The third-order valence-corrected chi connectivity index (χ3v) is 3.23. The summed E-state index contributed by atoms with van der Waals surface area (Å²) in [5.74, 6) is 2.68. The van der Waals surface area contributed by atoms with E-state index in [1.54, 1.807) is 11.8 Å². The van der Waals surface area contributed by atoms with Crippen molar-refractivity contribution in [2.45, 2.75) is 6.92 Å². The molecule has 0 aliphatic carbocycles. The third-order valence-electron chi connectivity index (χ3n) is 2.39. The van der Waals surface area contributed by atoms with Crippen molar-refractivity contribution in [3.63, 3.8) is 0 Å². The number of aliphatic imine (C=N–C) groups is 1. The average molecular weight is 316 g/mol. The van der Waals surface area contributed by atoms with E-state index in [9.17, 15) is 0 Å². The van der Waals surface area contributed by atoms with E-state index in [0.717, 1.165) is 30.6 Å². The maximum atomic E-state index is 5.82. The fraction of sp³-hybridized carbons (Fsp3) is 0.500. The predicted molar refractivity (Wildman–Crippen MR) is 89.3 cm³/mol. The van der Waals surface area contributed by atoms with Gasteiger partial charge in [-0.1, -0.05) is 11.6 Å². The van der Waals surface area contributed by atoms with Crippen LogP contribution < -0.4 is 15.4 Å². The molecule has 0 amide bonds. The number of hydrogen-bond donors (Lipinski definition) is 2. The third kappa shape index (κ3) is 7.50. The summed E-state index contributed by atoms with van der Waals surface area (Å²) in [7, 11) is 0. The fourth-order valence-corrected chi connectivity index (χ4v) is 1.86. The molecule has 0 aliphatic heterocycles. The van der Waals surface area contributed by atoms with Crippen LogP contribution in [0.3, 0.4) is 0 Å². The molecule has 0 unspecified atom stereocenters. The molecule has 1 rings (SSSR count). The van der Waals surface area contributed by atoms with E-state index in [0.29, 0.717) is 18.2 Å². The van der Waals surface area contributed by atoms with Gasteiger partial charge < -0.3 is 15.4 Å². The van der Waals surface area contributed by atoms with Crippen LogP contribution in [0, 0.1) is 0 Å². The molecular weight excluding hydrogens is 294 g/mol. The minimum absolute atomic E-state index is 0.578. The van der Waals surface area contributed by atoms with Crippen LogP contribution in [-0.2, 0) is 0 Å². The topological polar surface area (TPSA) is 45.7 Å². The Morgan fingerprint density at radius 1 is 1.30 bits per heavy atom. The minimum atomic E-state index is 0.578. The second-order valence-electron chi connectivity index (χ2n) is 3.98. The van der Waals surface area contributed by atoms with Gasteiger partial charge in [0.15, 0.2) is 5.96 Å². The lowest BCUT2D eigenvalue weighted by molar-refractivity contribution is 0.322. The second kappa shape index (κ2) is 10.7. The molecule has 0 aromatic heterocycles. The first-order valence-electron chi connectivity index (χ1n) is 6.65. The number of ether oxygens (including phenoxy) is 1. The highest BCUT2D eigenvalue weighted by molar-refractivity contribution is 7.98. The molecule has 2 N–H and O–H groups in total. The first kappa shape index (κ1) is 17.0. The maximum Gasteiger partial charge on any atom is 0.191 e. The van der Waals surface area contributed by atoms with Crippen LogP contribution in [0.2, 0.25) is 5.02 Å². The summed E-state index contributed by atoms with van der Waals surface area (Å²) in [4.78, 5) is 4.46. The van der Waals surface area contributed by atoms with Gasteiger partial charge in [-0.2, -0.15) is 11.8 Å². The summed E-state index contributed by atoms with van der Waals surface area (Å²) in [6, 6.07) is 7.36. The van der Waals surface area contributed by atoms with Gasteiger partial charge in [0.05, 0.1) is 13.1 Å². The van der Waals surface area contributed by atoms with E-state index in [-0.39, 0.29) is 0 Å². The zero-order chi connectivity index (χ0) is 14.6. The molecule has 0 heterocycles. The van der Waals surface area contributed by atoms with E-state index < -0.39 is 0 Å². The molecule has 0 radical (unpaired) electrons. The Morgan fingerprint density at radius 2 is 2.05 bits per heavy atom. The van der Waals surface area contributed by atoms with Crippen LogP contribution in [0.25, 0.3) is 0 Å². The molecule has 0 saturated heterocycles. The number of rotatable bonds is 8. The fourth-order valence-electron chi connectivity index (χ4n) is 1.46. The number of nitrogens with one attached hydrogen (secondary N) is 2. The van der Waals surface area contributed by atoms with Gasteiger partial charge in [-0.05, 0) is 37.4 Å². The zero-order valence-electron chi connectivity index (χ0n) is 12.0. The largest absolute Gasteiger partial charge is 0.492 e. The Labute approximate surface area is 130 Å². The van der Waals surface area contributed by atoms with E-state index >= 15 is 0 Å². The van der Waals surface area contributed by atoms with Crippen LogP contribution >= 0.6 is 23.4 Å². The van der Waals surface area contributed by atoms with Crippen LogP contribution in [0.1, 0.15) is 6.92 Å². The monoisotopic (exact) mass is 315 g/mol. The van der Waals surface area contributed by atoms with Crippen molar-refractivity contribution < 1.29 is 4.74 Å². The van der Waals surface area contributed by atoms with Gasteiger partial charge in [0, 0.05) is 17.3 Å². The maximum absolute atomic E-state index is 5.82. The first-order valence-corrected chi connectivity index (χ1v) is 8.43. The molecule has 0 fully saturated rings. The van der Waals surface area contributed by atoms with Crippen molar-refractivity contribution in [3.8, 4) is 5.75 Å². The molecule has 20 heavy (non-hydrogen) atoms. The molecule has 0 saturated carbocycles. The van der Waals surface area contributed by atoms with Gasteiger partial charge in [-0.3, -0.25) is 4.99 Å². The summed E-state index contributed by atoms with van der Waals surface area (Å²) in [5, 5.41) is 7.16. The van der Waals surface area contributed by atoms with Crippen LogP contribution in [-0.4, -0.2) is 44.2 Å². The first-order chi connectivity index (χ1) is 9.76. The summed E-state index contributed by atoms with van der Waals surface area (Å²) < 4.78 is 5.61. The molecule has 0 aliphatic rings. The van der Waals surface area contributed by atoms with Crippen LogP contribution in [0.15, 0.2) is 29.3 Å². The van der Waals surface area contributed by atoms with E-state index in [4.69, 9.17) is 16.3 Å². The van der Waals surface area contributed by atoms with Gasteiger partial charge in [0.2, 0.25) is 0 Å². The minimum Gasteiger partial charge on any atom is -0.492 e. The molecule has 0 bridgehead atoms. The highest BCUT2D eigenvalue weighted by Gasteiger charge is 1.97. The van der Waals surface area contributed by atoms with Gasteiger partial charge in [0.25, 0.3) is 0 Å². The molecule has 0 spiro atoms. The van der Waals surface area contributed by atoms with Crippen molar-refractivity contribution in [3.05, 3.63) is 29.3 Å². The van der Waals surface area contributed by atoms with Crippen molar-refractivity contribution in [2.75, 3.05) is 38.2 Å². The Hall–Kier alpha value is -1.07. The van der Waals surface area contributed by atoms with Gasteiger partial charge in [0.1, 0.15) is 12.4 Å². The van der Waals surface area contributed by atoms with Gasteiger partial charge in [-0.25, -0.2) is 0 Å². The summed E-state index contributed by atoms with van der Waals surface area (Å²) in [6.45, 7) is 5.00. The van der Waals surface area contributed by atoms with Crippen molar-refractivity contribution >= 4 is 29.3 Å². The van der Waals surface area contributed by atoms with Crippen molar-refractivity contribution in [1.29, 1.82) is 0 Å². The van der Waals surface area contributed by atoms with Gasteiger partial charge >= 0.3 is 0 Å². The Kier molecular flexibility index (Phi) is 9.07. The van der Waals surface area contributed by atoms with Crippen molar-refractivity contribution in [2.24, 2.45) is 4.99 Å². The van der Waals surface area contributed by atoms with Crippen LogP contribution in [0.4, 0.5) is 0 Å². The number of guanidine groups is 1. The number of benzene rings is 1. The smallest absolute Gasteiger partial charge is 0.191 e. The number of nitrogens with zero attached hydrogens (tertiary/aromatic N) is 1. The lowest BCUT2D eigenvalue weighted by atomic mass is 10.3. The molecular formula is C14H22ClN3OS. The Balaban J connectivity index is 2.25. The number of thioether (sulfide) groups is 1. The predicted octanol–water partition coefficient (Wildman–Crippen LogP) is 2.64. The standard InChI is InChI=1S/C14H22ClN3OS/c1-3-16-14(18-9-11-20-2)17-8-10-19-13-6-4-12(15)5-7-13/h4-7H,3,8-11H2,1-2H3,(H2,16,17,18). The summed E-state index contributed by atoms with van der Waals surface area (Å²) >= 11 is 7.61. The van der Waals surface area contributed by atoms with Crippen molar-refractivity contribution in [1.82, 2.24) is 10.6 Å². The Bertz CT molecular complexity index is 398. The molecule has 4 nitrogen and oxygen atoms in total. The van der Waals surface area contributed by atoms with E-state index in [1.165, 1.54) is 0 Å². The Morgan fingerprint density at radius 3 is 2.70 bits per heavy atom. The average Bonchev–Trinajstić information content (AvgIpc) is 2.45. The zero-order valence-corrected chi connectivity index (χ0v) is 13.6. The lowest BCUT2D eigenvalue weighted by Crippen LogP contribution is -2.39. The summed E-state index contributed by atoms with van der Waals surface area (Å²) in [5.41, 5.74) is 0. The highest BCUT2D eigenvalue weighted by Crippen LogP contribution is 2.14. The molecule has 0 atom stereocenters. The van der Waals surface area contributed by atoms with E-state index in [2.05, 4.69) is 28.8 Å². The molecule has 112 valence electrons. The molecule has 1 aromatic rings. The molecule has 6 heteroatoms. The second-order valence-corrected chi connectivity index (χ2v) is 5.40. The summed E-state index contributed by atoms with van der Waals surface area (Å²) in [6.07, 6.45) is 2.08. The lowest BCUT2D eigenvalue weighted by Gasteiger charge is -2.12. The normalized spacial score (nSPS) is 11.2. The number of halogens is 1.